The highest BCUT2D eigenvalue weighted by molar-refractivity contribution is 5.83. The van der Waals surface area contributed by atoms with Gasteiger partial charge in [-0.1, -0.05) is 6.07 Å². The van der Waals surface area contributed by atoms with Crippen molar-refractivity contribution in [2.45, 2.75) is 31.7 Å². The van der Waals surface area contributed by atoms with Gasteiger partial charge in [0.15, 0.2) is 17.5 Å². The maximum absolute atomic E-state index is 14.1. The van der Waals surface area contributed by atoms with Crippen LogP contribution in [0.5, 0.6) is 0 Å². The maximum Gasteiger partial charge on any atom is 0.326 e. The Labute approximate surface area is 200 Å². The molecule has 1 saturated heterocycles. The molecular formula is C25H24FN7O2. The first kappa shape index (κ1) is 21.3. The van der Waals surface area contributed by atoms with E-state index < -0.39 is 12.0 Å². The fourth-order valence-electron chi connectivity index (χ4n) is 4.68. The summed E-state index contributed by atoms with van der Waals surface area (Å²) < 4.78 is 15.8. The number of aromatic amines is 1. The lowest BCUT2D eigenvalue weighted by Crippen LogP contribution is -2.36. The molecule has 3 N–H and O–H groups in total. The Morgan fingerprint density at radius 2 is 2.11 bits per heavy atom. The van der Waals surface area contributed by atoms with Crippen LogP contribution >= 0.6 is 0 Å². The van der Waals surface area contributed by atoms with Gasteiger partial charge in [0.1, 0.15) is 23.1 Å². The molecule has 0 spiro atoms. The van der Waals surface area contributed by atoms with Crippen LogP contribution in [-0.2, 0) is 11.8 Å². The van der Waals surface area contributed by atoms with Crippen LogP contribution in [0.15, 0.2) is 48.2 Å². The molecule has 4 heterocycles. The number of nitrogens with one attached hydrogen (secondary N) is 2. The lowest BCUT2D eigenvalue weighted by atomic mass is 10.1. The smallest absolute Gasteiger partial charge is 0.326 e. The number of carboxylic acids is 1. The summed E-state index contributed by atoms with van der Waals surface area (Å²) in [6, 6.07) is 10.0. The standard InChI is InChI=1S/C25H24FN7O2/c1-32-19(24-28-17-5-2-4-16(26)23(17)30-24)12-20(31-32)29-22(14-7-8-14)15-9-10-21(27-13-15)33-11-3-6-18(33)25(34)35/h2,4-5,9-10,12-13,18H,3,6-8,11H2,1H3,(H,28,30)(H,29,31)(H,34,35). The van der Waals surface area contributed by atoms with Crippen LogP contribution in [0, 0.1) is 5.82 Å². The molecule has 1 aliphatic carbocycles. The number of H-pyrrole nitrogens is 1. The fourth-order valence-corrected chi connectivity index (χ4v) is 4.68. The third-order valence-corrected chi connectivity index (χ3v) is 6.56. The van der Waals surface area contributed by atoms with E-state index in [4.69, 9.17) is 0 Å². The van der Waals surface area contributed by atoms with Gasteiger partial charge >= 0.3 is 5.97 Å². The molecule has 9 nitrogen and oxygen atoms in total. The highest BCUT2D eigenvalue weighted by atomic mass is 19.1. The van der Waals surface area contributed by atoms with Gasteiger partial charge in [0.25, 0.3) is 0 Å². The summed E-state index contributed by atoms with van der Waals surface area (Å²) >= 11 is 0. The van der Waals surface area contributed by atoms with Gasteiger partial charge in [-0.05, 0) is 55.5 Å². The number of fused-ring (bicyclic) bond motifs is 1. The lowest BCUT2D eigenvalue weighted by Gasteiger charge is -2.22. The molecule has 35 heavy (non-hydrogen) atoms. The first-order chi connectivity index (χ1) is 17.0. The van der Waals surface area contributed by atoms with Gasteiger partial charge in [0.2, 0.25) is 0 Å². The van der Waals surface area contributed by atoms with Crippen molar-refractivity contribution in [3.63, 3.8) is 0 Å². The number of imidazole rings is 1. The third kappa shape index (κ3) is 3.90. The number of benzene rings is 1. The number of aromatic nitrogens is 5. The second-order valence-corrected chi connectivity index (χ2v) is 8.96. The van der Waals surface area contributed by atoms with Crippen LogP contribution < -0.4 is 10.2 Å². The van der Waals surface area contributed by atoms with E-state index in [9.17, 15) is 14.3 Å². The Morgan fingerprint density at radius 1 is 1.26 bits per heavy atom. The zero-order chi connectivity index (χ0) is 24.1. The number of allylic oxidation sites excluding steroid dienone is 1. The number of carbonyl (C=O) groups is 1. The van der Waals surface area contributed by atoms with Crippen molar-refractivity contribution in [2.75, 3.05) is 16.8 Å². The minimum atomic E-state index is -0.811. The Kier molecular flexibility index (Phi) is 5.01. The second kappa shape index (κ2) is 8.23. The summed E-state index contributed by atoms with van der Waals surface area (Å²) in [4.78, 5) is 25.6. The highest BCUT2D eigenvalue weighted by Crippen LogP contribution is 2.37. The maximum atomic E-state index is 14.1. The van der Waals surface area contributed by atoms with Crippen molar-refractivity contribution < 1.29 is 14.3 Å². The van der Waals surface area contributed by atoms with Gasteiger partial charge in [-0.25, -0.2) is 19.2 Å². The molecule has 1 unspecified atom stereocenters. The fraction of sp³-hybridized carbons (Fsp3) is 0.280. The van der Waals surface area contributed by atoms with Gasteiger partial charge in [0, 0.05) is 37.1 Å². The molecule has 0 amide bonds. The predicted molar refractivity (Wildman–Crippen MR) is 130 cm³/mol. The number of pyridine rings is 1. The number of para-hydroxylation sites is 1. The largest absolute Gasteiger partial charge is 0.480 e. The molecule has 178 valence electrons. The summed E-state index contributed by atoms with van der Waals surface area (Å²) in [5.74, 6) is 0.682. The number of halogens is 1. The van der Waals surface area contributed by atoms with Crippen molar-refractivity contribution in [1.29, 1.82) is 0 Å². The van der Waals surface area contributed by atoms with E-state index in [1.807, 2.05) is 30.1 Å². The number of carboxylic acid groups (broad SMARTS) is 1. The van der Waals surface area contributed by atoms with Gasteiger partial charge < -0.3 is 20.3 Å². The number of hydrogen-bond donors (Lipinski definition) is 3. The molecule has 1 saturated carbocycles. The van der Waals surface area contributed by atoms with Gasteiger partial charge in [0.05, 0.1) is 5.52 Å². The Hall–Kier alpha value is -4.21. The highest BCUT2D eigenvalue weighted by Gasteiger charge is 2.31. The topological polar surface area (TPSA) is 112 Å². The average molecular weight is 474 g/mol. The summed E-state index contributed by atoms with van der Waals surface area (Å²) in [7, 11) is 1.82. The van der Waals surface area contributed by atoms with Crippen LogP contribution in [0.1, 0.15) is 31.2 Å². The molecule has 6 rings (SSSR count). The van der Waals surface area contributed by atoms with Gasteiger partial charge in [-0.2, -0.15) is 5.10 Å². The number of nitrogens with zero attached hydrogens (tertiary/aromatic N) is 5. The number of anilines is 2. The number of aliphatic carboxylic acids is 1. The number of aryl methyl sites for hydroxylation is 1. The molecule has 4 aromatic rings. The molecule has 10 heteroatoms. The van der Waals surface area contributed by atoms with Gasteiger partial charge in [-0.3, -0.25) is 4.68 Å². The van der Waals surface area contributed by atoms with E-state index in [-0.39, 0.29) is 5.82 Å². The third-order valence-electron chi connectivity index (χ3n) is 6.56. The van der Waals surface area contributed by atoms with E-state index in [1.54, 1.807) is 23.0 Å². The van der Waals surface area contributed by atoms with E-state index in [1.165, 1.54) is 11.6 Å². The van der Waals surface area contributed by atoms with Crippen molar-refractivity contribution >= 4 is 34.3 Å². The van der Waals surface area contributed by atoms with Crippen molar-refractivity contribution in [2.24, 2.45) is 7.05 Å². The van der Waals surface area contributed by atoms with Crippen LogP contribution in [0.2, 0.25) is 0 Å². The molecule has 2 aliphatic rings. The molecule has 1 atom stereocenters. The summed E-state index contributed by atoms with van der Waals surface area (Å²) in [5.41, 5.74) is 4.82. The molecule has 0 bridgehead atoms. The number of rotatable bonds is 6. The quantitative estimate of drug-likeness (QED) is 0.385. The minimum Gasteiger partial charge on any atom is -0.480 e. The minimum absolute atomic E-state index is 0.299. The average Bonchev–Trinajstić information content (AvgIpc) is 3.24. The zero-order valence-electron chi connectivity index (χ0n) is 19.1. The molecular weight excluding hydrogens is 449 g/mol. The van der Waals surface area contributed by atoms with Crippen molar-refractivity contribution in [3.05, 3.63) is 59.5 Å². The SMILES string of the molecule is Cn1nc(NC(=C2CC2)c2ccc(N3CCCC3C(=O)O)nc2)cc1-c1nc2c(F)cccc2[nH]1. The van der Waals surface area contributed by atoms with Crippen LogP contribution in [0.25, 0.3) is 28.2 Å². The van der Waals surface area contributed by atoms with E-state index in [2.05, 4.69) is 25.4 Å². The molecule has 1 aliphatic heterocycles. The first-order valence-electron chi connectivity index (χ1n) is 11.6. The van der Waals surface area contributed by atoms with Crippen LogP contribution in [0.4, 0.5) is 16.0 Å². The Morgan fingerprint density at radius 3 is 2.83 bits per heavy atom. The van der Waals surface area contributed by atoms with E-state index in [0.717, 1.165) is 36.2 Å². The van der Waals surface area contributed by atoms with E-state index in [0.29, 0.717) is 41.5 Å². The Balaban J connectivity index is 1.26. The van der Waals surface area contributed by atoms with Crippen LogP contribution in [0.3, 0.4) is 0 Å². The summed E-state index contributed by atoms with van der Waals surface area (Å²) in [6.45, 7) is 0.692. The monoisotopic (exact) mass is 473 g/mol. The first-order valence-corrected chi connectivity index (χ1v) is 11.6. The lowest BCUT2D eigenvalue weighted by molar-refractivity contribution is -0.138. The van der Waals surface area contributed by atoms with Crippen molar-refractivity contribution in [3.8, 4) is 11.5 Å². The predicted octanol–water partition coefficient (Wildman–Crippen LogP) is 4.17. The molecule has 2 fully saturated rings. The molecule has 3 aromatic heterocycles. The van der Waals surface area contributed by atoms with Crippen LogP contribution in [-0.4, -0.2) is 48.4 Å². The number of hydrogen-bond acceptors (Lipinski definition) is 6. The summed E-state index contributed by atoms with van der Waals surface area (Å²) in [6.07, 6.45) is 5.26. The second-order valence-electron chi connectivity index (χ2n) is 8.96. The van der Waals surface area contributed by atoms with E-state index >= 15 is 0 Å². The Bertz CT molecular complexity index is 1460. The van der Waals surface area contributed by atoms with Crippen molar-refractivity contribution in [1.82, 2.24) is 24.7 Å². The normalized spacial score (nSPS) is 17.3. The van der Waals surface area contributed by atoms with Gasteiger partial charge in [-0.15, -0.1) is 0 Å². The molecule has 0 radical (unpaired) electrons. The zero-order valence-corrected chi connectivity index (χ0v) is 19.1. The summed E-state index contributed by atoms with van der Waals surface area (Å²) in [5, 5.41) is 17.5. The molecule has 1 aromatic carbocycles.